The van der Waals surface area contributed by atoms with Crippen molar-refractivity contribution in [1.29, 1.82) is 0 Å². The van der Waals surface area contributed by atoms with E-state index in [9.17, 15) is 4.79 Å². The molecule has 0 radical (unpaired) electrons. The molecule has 0 atom stereocenters. The van der Waals surface area contributed by atoms with E-state index in [0.717, 1.165) is 30.8 Å². The lowest BCUT2D eigenvalue weighted by atomic mass is 10.2. The zero-order valence-electron chi connectivity index (χ0n) is 18.4. The molecule has 0 fully saturated rings. The molecule has 162 valence electrons. The number of hydrogen-bond acceptors (Lipinski definition) is 4. The van der Waals surface area contributed by atoms with Gasteiger partial charge in [-0.1, -0.05) is 30.3 Å². The normalized spacial score (nSPS) is 11.0. The highest BCUT2D eigenvalue weighted by molar-refractivity contribution is 5.86. The topological polar surface area (TPSA) is 69.2 Å². The highest BCUT2D eigenvalue weighted by Gasteiger charge is 2.06. The fraction of sp³-hybridized carbons (Fsp3) is 0.391. The average molecular weight is 412 g/mol. The first-order chi connectivity index (χ1) is 14.5. The van der Waals surface area contributed by atoms with Gasteiger partial charge in [0.25, 0.3) is 0 Å². The second-order valence-electron chi connectivity index (χ2n) is 7.19. The van der Waals surface area contributed by atoms with Crippen molar-refractivity contribution in [2.75, 3.05) is 52.8 Å². The van der Waals surface area contributed by atoms with Crippen LogP contribution in [0.5, 0.6) is 5.75 Å². The van der Waals surface area contributed by atoms with Gasteiger partial charge in [-0.05, 0) is 36.2 Å². The number of methoxy groups -OCH3 is 1. The molecule has 7 heteroatoms. The molecule has 0 aliphatic rings. The van der Waals surface area contributed by atoms with E-state index in [4.69, 9.17) is 4.74 Å². The van der Waals surface area contributed by atoms with Crippen LogP contribution in [0.1, 0.15) is 12.0 Å². The minimum atomic E-state index is -0.00208. The Kier molecular flexibility index (Phi) is 9.51. The van der Waals surface area contributed by atoms with Crippen molar-refractivity contribution in [3.05, 3.63) is 60.2 Å². The average Bonchev–Trinajstić information content (AvgIpc) is 2.78. The summed E-state index contributed by atoms with van der Waals surface area (Å²) >= 11 is 0. The number of carbonyl (C=O) groups excluding carboxylic acids is 1. The van der Waals surface area contributed by atoms with E-state index >= 15 is 0 Å². The van der Waals surface area contributed by atoms with Crippen LogP contribution in [0.15, 0.2) is 59.6 Å². The molecule has 1 amide bonds. The molecule has 0 aliphatic heterocycles. The van der Waals surface area contributed by atoms with Gasteiger partial charge in [-0.25, -0.2) is 4.99 Å². The number of nitrogens with zero attached hydrogens (tertiary/aromatic N) is 3. The van der Waals surface area contributed by atoms with Crippen molar-refractivity contribution in [2.45, 2.75) is 13.0 Å². The third-order valence-electron chi connectivity index (χ3n) is 4.64. The number of rotatable bonds is 10. The van der Waals surface area contributed by atoms with E-state index in [2.05, 4.69) is 39.7 Å². The number of nitrogens with one attached hydrogen (secondary N) is 2. The van der Waals surface area contributed by atoms with Crippen LogP contribution in [0, 0.1) is 0 Å². The van der Waals surface area contributed by atoms with Crippen LogP contribution >= 0.6 is 0 Å². The van der Waals surface area contributed by atoms with Crippen LogP contribution in [0.4, 0.5) is 5.69 Å². The number of ether oxygens (including phenoxy) is 1. The molecule has 7 nitrogen and oxygen atoms in total. The van der Waals surface area contributed by atoms with Crippen LogP contribution in [0.3, 0.4) is 0 Å². The van der Waals surface area contributed by atoms with Crippen LogP contribution < -0.4 is 20.3 Å². The molecule has 2 aromatic carbocycles. The molecule has 0 spiro atoms. The van der Waals surface area contributed by atoms with Crippen molar-refractivity contribution in [1.82, 2.24) is 15.5 Å². The van der Waals surface area contributed by atoms with Gasteiger partial charge in [0.15, 0.2) is 5.96 Å². The summed E-state index contributed by atoms with van der Waals surface area (Å²) in [6.07, 6.45) is 0.941. The van der Waals surface area contributed by atoms with Crippen LogP contribution in [-0.2, 0) is 11.3 Å². The monoisotopic (exact) mass is 411 g/mol. The maximum atomic E-state index is 11.9. The molecular formula is C23H33N5O2. The maximum absolute atomic E-state index is 11.9. The minimum absolute atomic E-state index is 0.00208. The number of anilines is 1. The lowest BCUT2D eigenvalue weighted by molar-refractivity contribution is -0.127. The first-order valence-electron chi connectivity index (χ1n) is 10.1. The van der Waals surface area contributed by atoms with Gasteiger partial charge in [-0.2, -0.15) is 0 Å². The fourth-order valence-electron chi connectivity index (χ4n) is 2.73. The van der Waals surface area contributed by atoms with Gasteiger partial charge in [-0.3, -0.25) is 4.79 Å². The SMILES string of the molecule is COc1ccc(CN=C(NCCCN(C)c2ccccc2)NCC(=O)N(C)C)cc1. The smallest absolute Gasteiger partial charge is 0.241 e. The summed E-state index contributed by atoms with van der Waals surface area (Å²) in [5.74, 6) is 1.44. The van der Waals surface area contributed by atoms with Crippen molar-refractivity contribution in [2.24, 2.45) is 4.99 Å². The predicted octanol–water partition coefficient (Wildman–Crippen LogP) is 2.35. The molecule has 0 bridgehead atoms. The first kappa shape index (κ1) is 23.1. The van der Waals surface area contributed by atoms with E-state index < -0.39 is 0 Å². The van der Waals surface area contributed by atoms with E-state index in [0.29, 0.717) is 12.5 Å². The largest absolute Gasteiger partial charge is 0.497 e. The summed E-state index contributed by atoms with van der Waals surface area (Å²) in [7, 11) is 7.22. The molecule has 2 N–H and O–H groups in total. The first-order valence-corrected chi connectivity index (χ1v) is 10.1. The Morgan fingerprint density at radius 1 is 1.00 bits per heavy atom. The van der Waals surface area contributed by atoms with Gasteiger partial charge < -0.3 is 25.2 Å². The highest BCUT2D eigenvalue weighted by Crippen LogP contribution is 2.12. The van der Waals surface area contributed by atoms with Crippen molar-refractivity contribution < 1.29 is 9.53 Å². The Hall–Kier alpha value is -3.22. The Morgan fingerprint density at radius 2 is 1.70 bits per heavy atom. The molecule has 0 unspecified atom stereocenters. The number of amides is 1. The Bertz CT molecular complexity index is 791. The number of hydrogen-bond donors (Lipinski definition) is 2. The molecule has 0 saturated carbocycles. The molecule has 2 aromatic rings. The van der Waals surface area contributed by atoms with Crippen LogP contribution in [0.2, 0.25) is 0 Å². The number of likely N-dealkylation sites (N-methyl/N-ethyl adjacent to an activating group) is 1. The third-order valence-corrected chi connectivity index (χ3v) is 4.64. The van der Waals surface area contributed by atoms with E-state index in [-0.39, 0.29) is 12.5 Å². The van der Waals surface area contributed by atoms with Crippen molar-refractivity contribution in [3.8, 4) is 5.75 Å². The molecule has 0 heterocycles. The molecule has 2 rings (SSSR count). The van der Waals surface area contributed by atoms with Gasteiger partial charge in [-0.15, -0.1) is 0 Å². The minimum Gasteiger partial charge on any atom is -0.497 e. The molecular weight excluding hydrogens is 378 g/mol. The number of carbonyl (C=O) groups is 1. The Labute approximate surface area is 179 Å². The second kappa shape index (κ2) is 12.4. The fourth-order valence-corrected chi connectivity index (χ4v) is 2.73. The maximum Gasteiger partial charge on any atom is 0.241 e. The number of guanidine groups is 1. The van der Waals surface area contributed by atoms with Gasteiger partial charge >= 0.3 is 0 Å². The van der Waals surface area contributed by atoms with E-state index in [1.54, 1.807) is 26.1 Å². The lowest BCUT2D eigenvalue weighted by Crippen LogP contribution is -2.43. The third kappa shape index (κ3) is 8.03. The summed E-state index contributed by atoms with van der Waals surface area (Å²) in [5, 5.41) is 6.45. The summed E-state index contributed by atoms with van der Waals surface area (Å²) in [6, 6.07) is 18.1. The van der Waals surface area contributed by atoms with E-state index in [1.807, 2.05) is 42.5 Å². The number of benzene rings is 2. The molecule has 0 aliphatic carbocycles. The summed E-state index contributed by atoms with van der Waals surface area (Å²) in [4.78, 5) is 20.3. The summed E-state index contributed by atoms with van der Waals surface area (Å²) < 4.78 is 5.19. The van der Waals surface area contributed by atoms with Crippen LogP contribution in [0.25, 0.3) is 0 Å². The summed E-state index contributed by atoms with van der Waals surface area (Å²) in [5.41, 5.74) is 2.26. The summed E-state index contributed by atoms with van der Waals surface area (Å²) in [6.45, 7) is 2.38. The Morgan fingerprint density at radius 3 is 2.33 bits per heavy atom. The molecule has 30 heavy (non-hydrogen) atoms. The predicted molar refractivity (Wildman–Crippen MR) is 123 cm³/mol. The van der Waals surface area contributed by atoms with Gasteiger partial charge in [0.2, 0.25) is 5.91 Å². The quantitative estimate of drug-likeness (QED) is 0.357. The van der Waals surface area contributed by atoms with Gasteiger partial charge in [0, 0.05) is 39.9 Å². The van der Waals surface area contributed by atoms with Gasteiger partial charge in [0.05, 0.1) is 20.2 Å². The second-order valence-corrected chi connectivity index (χ2v) is 7.19. The van der Waals surface area contributed by atoms with E-state index in [1.165, 1.54) is 5.69 Å². The zero-order chi connectivity index (χ0) is 21.8. The number of aliphatic imine (C=N–C) groups is 1. The highest BCUT2D eigenvalue weighted by atomic mass is 16.5. The molecule has 0 aromatic heterocycles. The van der Waals surface area contributed by atoms with Gasteiger partial charge in [0.1, 0.15) is 5.75 Å². The standard InChI is InChI=1S/C23H33N5O2/c1-27(2)22(29)18-26-23(25-17-19-11-13-21(30-4)14-12-19)24-15-8-16-28(3)20-9-6-5-7-10-20/h5-7,9-14H,8,15-18H2,1-4H3,(H2,24,25,26). The Balaban J connectivity index is 1.88. The number of para-hydroxylation sites is 1. The zero-order valence-corrected chi connectivity index (χ0v) is 18.4. The molecule has 0 saturated heterocycles. The van der Waals surface area contributed by atoms with Crippen molar-refractivity contribution >= 4 is 17.6 Å². The van der Waals surface area contributed by atoms with Crippen molar-refractivity contribution in [3.63, 3.8) is 0 Å². The van der Waals surface area contributed by atoms with Crippen LogP contribution in [-0.4, -0.2) is 64.7 Å². The lowest BCUT2D eigenvalue weighted by Gasteiger charge is -2.20.